The van der Waals surface area contributed by atoms with E-state index in [1.165, 1.54) is 6.07 Å². The van der Waals surface area contributed by atoms with Gasteiger partial charge in [-0.1, -0.05) is 13.3 Å². The van der Waals surface area contributed by atoms with Crippen LogP contribution in [0.4, 0.5) is 11.5 Å². The standard InChI is InChI=1S/C13H17N3O4/c1-2-3-6-15(9-4-5-9)12-7-10(13(17)18)11(8-14-12)16(19)20/h7-9H,2-6H2,1H3,(H,17,18). The van der Waals surface area contributed by atoms with Crippen LogP contribution in [0.15, 0.2) is 12.3 Å². The van der Waals surface area contributed by atoms with Gasteiger partial charge in [0.25, 0.3) is 0 Å². The minimum absolute atomic E-state index is 0.304. The number of nitrogens with zero attached hydrogens (tertiary/aromatic N) is 3. The molecule has 1 aromatic rings. The number of nitro groups is 1. The van der Waals surface area contributed by atoms with Crippen LogP contribution in [0.2, 0.25) is 0 Å². The first-order chi connectivity index (χ1) is 9.54. The van der Waals surface area contributed by atoms with Crippen LogP contribution >= 0.6 is 0 Å². The summed E-state index contributed by atoms with van der Waals surface area (Å²) in [7, 11) is 0. The molecule has 7 heteroatoms. The SMILES string of the molecule is CCCCN(c1cc(C(=O)O)c([N+](=O)[O-])cn1)C1CC1. The zero-order chi connectivity index (χ0) is 14.7. The lowest BCUT2D eigenvalue weighted by Crippen LogP contribution is -2.28. The fourth-order valence-corrected chi connectivity index (χ4v) is 2.11. The second-order valence-electron chi connectivity index (χ2n) is 4.90. The summed E-state index contributed by atoms with van der Waals surface area (Å²) < 4.78 is 0. The van der Waals surface area contributed by atoms with Crippen molar-refractivity contribution >= 4 is 17.5 Å². The minimum Gasteiger partial charge on any atom is -0.477 e. The monoisotopic (exact) mass is 279 g/mol. The summed E-state index contributed by atoms with van der Waals surface area (Å²) >= 11 is 0. The number of aromatic nitrogens is 1. The summed E-state index contributed by atoms with van der Waals surface area (Å²) in [6, 6.07) is 1.70. The minimum atomic E-state index is -1.30. The second kappa shape index (κ2) is 5.85. The molecule has 0 aromatic carbocycles. The number of pyridine rings is 1. The largest absolute Gasteiger partial charge is 0.477 e. The van der Waals surface area contributed by atoms with E-state index in [4.69, 9.17) is 5.11 Å². The Bertz CT molecular complexity index is 528. The van der Waals surface area contributed by atoms with Crippen LogP contribution < -0.4 is 4.90 Å². The van der Waals surface area contributed by atoms with E-state index >= 15 is 0 Å². The highest BCUT2D eigenvalue weighted by Gasteiger charge is 2.31. The summed E-state index contributed by atoms with van der Waals surface area (Å²) in [6.45, 7) is 2.88. The Kier molecular flexibility index (Phi) is 4.16. The zero-order valence-electron chi connectivity index (χ0n) is 11.3. The third-order valence-corrected chi connectivity index (χ3v) is 3.33. The van der Waals surface area contributed by atoms with Crippen LogP contribution in [0.3, 0.4) is 0 Å². The van der Waals surface area contributed by atoms with Crippen LogP contribution in [0, 0.1) is 10.1 Å². The van der Waals surface area contributed by atoms with Crippen molar-refractivity contribution in [2.24, 2.45) is 0 Å². The molecule has 0 unspecified atom stereocenters. The summed E-state index contributed by atoms with van der Waals surface area (Å²) in [5.41, 5.74) is -0.769. The molecule has 0 amide bonds. The summed E-state index contributed by atoms with van der Waals surface area (Å²) in [5.74, 6) is -0.782. The summed E-state index contributed by atoms with van der Waals surface area (Å²) in [5, 5.41) is 19.9. The highest BCUT2D eigenvalue weighted by Crippen LogP contribution is 2.32. The molecule has 0 aliphatic heterocycles. The first-order valence-electron chi connectivity index (χ1n) is 6.69. The van der Waals surface area contributed by atoms with Crippen molar-refractivity contribution in [2.45, 2.75) is 38.6 Å². The number of carboxylic acid groups (broad SMARTS) is 1. The van der Waals surface area contributed by atoms with E-state index in [2.05, 4.69) is 16.8 Å². The van der Waals surface area contributed by atoms with Crippen molar-refractivity contribution in [3.8, 4) is 0 Å². The van der Waals surface area contributed by atoms with Gasteiger partial charge < -0.3 is 10.0 Å². The Labute approximate surface area is 116 Å². The average Bonchev–Trinajstić information content (AvgIpc) is 3.23. The van der Waals surface area contributed by atoms with E-state index in [1.807, 2.05) is 0 Å². The third kappa shape index (κ3) is 3.04. The number of anilines is 1. The van der Waals surface area contributed by atoms with Gasteiger partial charge in [-0.2, -0.15) is 0 Å². The molecule has 0 atom stereocenters. The number of rotatable bonds is 7. The first-order valence-corrected chi connectivity index (χ1v) is 6.69. The summed E-state index contributed by atoms with van der Waals surface area (Å²) in [4.78, 5) is 27.4. The lowest BCUT2D eigenvalue weighted by atomic mass is 10.2. The van der Waals surface area contributed by atoms with E-state index in [9.17, 15) is 14.9 Å². The fourth-order valence-electron chi connectivity index (χ4n) is 2.11. The Morgan fingerprint density at radius 3 is 2.80 bits per heavy atom. The maximum absolute atomic E-state index is 11.1. The number of unbranched alkanes of at least 4 members (excludes halogenated alkanes) is 1. The van der Waals surface area contributed by atoms with E-state index in [1.54, 1.807) is 0 Å². The van der Waals surface area contributed by atoms with Gasteiger partial charge in [0.05, 0.1) is 4.92 Å². The van der Waals surface area contributed by atoms with Gasteiger partial charge in [-0.3, -0.25) is 10.1 Å². The topological polar surface area (TPSA) is 96.6 Å². The predicted octanol–water partition coefficient (Wildman–Crippen LogP) is 2.46. The molecular formula is C13H17N3O4. The Hall–Kier alpha value is -2.18. The molecule has 0 radical (unpaired) electrons. The molecule has 0 spiro atoms. The van der Waals surface area contributed by atoms with Gasteiger partial charge in [0, 0.05) is 18.7 Å². The Morgan fingerprint density at radius 2 is 2.30 bits per heavy atom. The number of hydrogen-bond donors (Lipinski definition) is 1. The van der Waals surface area contributed by atoms with E-state index in [-0.39, 0.29) is 5.56 Å². The van der Waals surface area contributed by atoms with E-state index in [0.717, 1.165) is 38.4 Å². The molecule has 108 valence electrons. The van der Waals surface area contributed by atoms with Gasteiger partial charge in [-0.05, 0) is 19.3 Å². The molecule has 1 fully saturated rings. The molecular weight excluding hydrogens is 262 g/mol. The molecule has 0 bridgehead atoms. The van der Waals surface area contributed by atoms with Gasteiger partial charge in [-0.25, -0.2) is 9.78 Å². The molecule has 0 saturated heterocycles. The molecule has 7 nitrogen and oxygen atoms in total. The van der Waals surface area contributed by atoms with Gasteiger partial charge in [0.2, 0.25) is 0 Å². The molecule has 1 aliphatic rings. The number of carboxylic acids is 1. The molecule has 2 rings (SSSR count). The number of aromatic carboxylic acids is 1. The smallest absolute Gasteiger partial charge is 0.342 e. The van der Waals surface area contributed by atoms with Crippen LogP contribution in [0.5, 0.6) is 0 Å². The van der Waals surface area contributed by atoms with Crippen molar-refractivity contribution in [1.29, 1.82) is 0 Å². The van der Waals surface area contributed by atoms with Gasteiger partial charge in [0.15, 0.2) is 0 Å². The van der Waals surface area contributed by atoms with Gasteiger partial charge in [-0.15, -0.1) is 0 Å². The third-order valence-electron chi connectivity index (χ3n) is 3.33. The molecule has 1 heterocycles. The van der Waals surface area contributed by atoms with Gasteiger partial charge in [0.1, 0.15) is 17.6 Å². The number of carbonyl (C=O) groups is 1. The van der Waals surface area contributed by atoms with Crippen LogP contribution in [0.1, 0.15) is 43.0 Å². The Morgan fingerprint density at radius 1 is 1.60 bits per heavy atom. The normalized spacial score (nSPS) is 14.1. The van der Waals surface area contributed by atoms with E-state index < -0.39 is 16.6 Å². The van der Waals surface area contributed by atoms with Gasteiger partial charge >= 0.3 is 11.7 Å². The van der Waals surface area contributed by atoms with Crippen LogP contribution in [0.25, 0.3) is 0 Å². The second-order valence-corrected chi connectivity index (χ2v) is 4.90. The fraction of sp³-hybridized carbons (Fsp3) is 0.538. The quantitative estimate of drug-likeness (QED) is 0.608. The van der Waals surface area contributed by atoms with Crippen molar-refractivity contribution < 1.29 is 14.8 Å². The predicted molar refractivity (Wildman–Crippen MR) is 73.1 cm³/mol. The highest BCUT2D eigenvalue weighted by molar-refractivity contribution is 5.93. The first kappa shape index (κ1) is 14.2. The van der Waals surface area contributed by atoms with Crippen LogP contribution in [-0.4, -0.2) is 33.6 Å². The maximum atomic E-state index is 11.1. The highest BCUT2D eigenvalue weighted by atomic mass is 16.6. The average molecular weight is 279 g/mol. The molecule has 1 N–H and O–H groups in total. The van der Waals surface area contributed by atoms with Crippen LogP contribution in [-0.2, 0) is 0 Å². The van der Waals surface area contributed by atoms with Crippen molar-refractivity contribution in [2.75, 3.05) is 11.4 Å². The lowest BCUT2D eigenvalue weighted by Gasteiger charge is -2.23. The Balaban J connectivity index is 2.33. The van der Waals surface area contributed by atoms with Crippen molar-refractivity contribution in [3.63, 3.8) is 0 Å². The maximum Gasteiger partial charge on any atom is 0.342 e. The van der Waals surface area contributed by atoms with Crippen molar-refractivity contribution in [1.82, 2.24) is 4.98 Å². The van der Waals surface area contributed by atoms with Crippen molar-refractivity contribution in [3.05, 3.63) is 27.9 Å². The molecule has 1 saturated carbocycles. The van der Waals surface area contributed by atoms with E-state index in [0.29, 0.717) is 11.9 Å². The molecule has 20 heavy (non-hydrogen) atoms. The number of hydrogen-bond acceptors (Lipinski definition) is 5. The zero-order valence-corrected chi connectivity index (χ0v) is 11.3. The lowest BCUT2D eigenvalue weighted by molar-refractivity contribution is -0.385. The molecule has 1 aromatic heterocycles. The summed E-state index contributed by atoms with van der Waals surface area (Å²) in [6.07, 6.45) is 5.18. The molecule has 1 aliphatic carbocycles.